The topological polar surface area (TPSA) is 59.0 Å². The van der Waals surface area contributed by atoms with Crippen LogP contribution in [0.4, 0.5) is 0 Å². The van der Waals surface area contributed by atoms with Gasteiger partial charge < -0.3 is 15.2 Å². The fraction of sp³-hybridized carbons (Fsp3) is 0.692. The number of rotatable bonds is 5. The Hall–Kier alpha value is -0.780. The molecule has 0 bridgehead atoms. The molecule has 1 amide bonds. The Morgan fingerprint density at radius 2 is 2.35 bits per heavy atom. The van der Waals surface area contributed by atoms with Gasteiger partial charge in [-0.1, -0.05) is 6.92 Å². The minimum atomic E-state index is 0. The van der Waals surface area contributed by atoms with Crippen molar-refractivity contribution < 1.29 is 4.79 Å². The van der Waals surface area contributed by atoms with Crippen molar-refractivity contribution in [2.24, 2.45) is 11.8 Å². The van der Waals surface area contributed by atoms with Crippen LogP contribution in [0, 0.1) is 18.8 Å². The summed E-state index contributed by atoms with van der Waals surface area (Å²) < 4.78 is 2.12. The van der Waals surface area contributed by atoms with E-state index in [-0.39, 0.29) is 36.6 Å². The van der Waals surface area contributed by atoms with Crippen molar-refractivity contribution in [1.82, 2.24) is 20.2 Å². The van der Waals surface area contributed by atoms with Crippen molar-refractivity contribution >= 4 is 30.7 Å². The second kappa shape index (κ2) is 9.21. The molecule has 0 saturated carbocycles. The summed E-state index contributed by atoms with van der Waals surface area (Å²) >= 11 is 0. The van der Waals surface area contributed by atoms with Gasteiger partial charge in [0.2, 0.25) is 5.91 Å². The van der Waals surface area contributed by atoms with Crippen LogP contribution in [0.2, 0.25) is 0 Å². The average Bonchev–Trinajstić information content (AvgIpc) is 2.99. The van der Waals surface area contributed by atoms with Gasteiger partial charge >= 0.3 is 0 Å². The highest BCUT2D eigenvalue weighted by Crippen LogP contribution is 2.08. The van der Waals surface area contributed by atoms with Crippen LogP contribution >= 0.6 is 24.8 Å². The van der Waals surface area contributed by atoms with Gasteiger partial charge in [-0.2, -0.15) is 0 Å². The minimum absolute atomic E-state index is 0. The first-order valence-electron chi connectivity index (χ1n) is 6.63. The van der Waals surface area contributed by atoms with Crippen molar-refractivity contribution in [2.75, 3.05) is 19.6 Å². The Morgan fingerprint density at radius 3 is 2.90 bits per heavy atom. The number of hydrogen-bond donors (Lipinski definition) is 2. The lowest BCUT2D eigenvalue weighted by Gasteiger charge is -2.16. The number of carbonyl (C=O) groups is 1. The number of hydrogen-bond acceptors (Lipinski definition) is 3. The number of halogens is 2. The second-order valence-electron chi connectivity index (χ2n) is 5.17. The third kappa shape index (κ3) is 5.31. The Kier molecular flexibility index (Phi) is 8.85. The van der Waals surface area contributed by atoms with E-state index in [4.69, 9.17) is 0 Å². The summed E-state index contributed by atoms with van der Waals surface area (Å²) in [7, 11) is 0. The van der Waals surface area contributed by atoms with Gasteiger partial charge in [-0.15, -0.1) is 24.8 Å². The summed E-state index contributed by atoms with van der Waals surface area (Å²) in [6.45, 7) is 7.55. The van der Waals surface area contributed by atoms with Crippen molar-refractivity contribution in [1.29, 1.82) is 0 Å². The first-order valence-corrected chi connectivity index (χ1v) is 6.63. The van der Waals surface area contributed by atoms with Gasteiger partial charge in [-0.25, -0.2) is 4.98 Å². The number of amides is 1. The Labute approximate surface area is 132 Å². The molecular formula is C13H24Cl2N4O. The predicted molar refractivity (Wildman–Crippen MR) is 84.6 cm³/mol. The molecule has 1 saturated heterocycles. The third-order valence-corrected chi connectivity index (χ3v) is 3.49. The second-order valence-corrected chi connectivity index (χ2v) is 5.17. The van der Waals surface area contributed by atoms with Crippen LogP contribution < -0.4 is 10.6 Å². The summed E-state index contributed by atoms with van der Waals surface area (Å²) in [5.41, 5.74) is 0. The van der Waals surface area contributed by atoms with E-state index in [9.17, 15) is 4.79 Å². The molecule has 20 heavy (non-hydrogen) atoms. The molecule has 1 aromatic heterocycles. The summed E-state index contributed by atoms with van der Waals surface area (Å²) in [5, 5.41) is 6.26. The average molecular weight is 323 g/mol. The maximum Gasteiger partial charge on any atom is 0.224 e. The molecule has 2 heterocycles. The van der Waals surface area contributed by atoms with Crippen molar-refractivity contribution in [2.45, 2.75) is 26.8 Å². The van der Waals surface area contributed by atoms with E-state index >= 15 is 0 Å². The van der Waals surface area contributed by atoms with Gasteiger partial charge in [0, 0.05) is 32.0 Å². The lowest BCUT2D eigenvalue weighted by atomic mass is 10.1. The van der Waals surface area contributed by atoms with Gasteiger partial charge in [0.05, 0.1) is 5.92 Å². The Morgan fingerprint density at radius 1 is 1.60 bits per heavy atom. The van der Waals surface area contributed by atoms with Crippen LogP contribution in [0.1, 0.15) is 19.2 Å². The van der Waals surface area contributed by atoms with Gasteiger partial charge in [-0.3, -0.25) is 4.79 Å². The summed E-state index contributed by atoms with van der Waals surface area (Å²) in [4.78, 5) is 16.0. The molecule has 1 aliphatic rings. The lowest BCUT2D eigenvalue weighted by Crippen LogP contribution is -2.35. The zero-order valence-corrected chi connectivity index (χ0v) is 13.6. The molecule has 0 radical (unpaired) electrons. The lowest BCUT2D eigenvalue weighted by molar-refractivity contribution is -0.124. The van der Waals surface area contributed by atoms with E-state index in [1.54, 1.807) is 0 Å². The minimum Gasteiger partial charge on any atom is -0.355 e. The SMILES string of the molecule is Cc1nccn1CC(C)CNC(=O)C1CCNC1.Cl.Cl. The van der Waals surface area contributed by atoms with Crippen molar-refractivity contribution in [3.05, 3.63) is 18.2 Å². The Balaban J connectivity index is 0.00000180. The fourth-order valence-electron chi connectivity index (χ4n) is 2.29. The van der Waals surface area contributed by atoms with E-state index in [1.807, 2.05) is 19.3 Å². The van der Waals surface area contributed by atoms with E-state index in [1.165, 1.54) is 0 Å². The van der Waals surface area contributed by atoms with E-state index in [0.29, 0.717) is 5.92 Å². The standard InChI is InChI=1S/C13H22N4O.2ClH/c1-10(9-17-6-5-15-11(17)2)7-16-13(18)12-3-4-14-8-12;;/h5-6,10,12,14H,3-4,7-9H2,1-2H3,(H,16,18);2*1H. The maximum absolute atomic E-state index is 11.8. The molecule has 1 aromatic rings. The Bertz CT molecular complexity index is 405. The van der Waals surface area contributed by atoms with Crippen molar-refractivity contribution in [3.8, 4) is 0 Å². The fourth-order valence-corrected chi connectivity index (χ4v) is 2.29. The molecule has 0 aliphatic carbocycles. The summed E-state index contributed by atoms with van der Waals surface area (Å²) in [6.07, 6.45) is 4.75. The zero-order valence-electron chi connectivity index (χ0n) is 12.0. The first kappa shape index (κ1) is 19.2. The van der Waals surface area contributed by atoms with E-state index in [0.717, 1.165) is 38.4 Å². The van der Waals surface area contributed by atoms with Gasteiger partial charge in [0.1, 0.15) is 5.82 Å². The predicted octanol–water partition coefficient (Wildman–Crippen LogP) is 1.40. The third-order valence-electron chi connectivity index (χ3n) is 3.49. The monoisotopic (exact) mass is 322 g/mol. The highest BCUT2D eigenvalue weighted by Gasteiger charge is 2.22. The molecule has 5 nitrogen and oxygen atoms in total. The number of aryl methyl sites for hydroxylation is 1. The molecule has 2 unspecified atom stereocenters. The largest absolute Gasteiger partial charge is 0.355 e. The summed E-state index contributed by atoms with van der Waals surface area (Å²) in [6, 6.07) is 0. The number of nitrogens with one attached hydrogen (secondary N) is 2. The van der Waals surface area contributed by atoms with Gasteiger partial charge in [0.25, 0.3) is 0 Å². The molecule has 0 spiro atoms. The quantitative estimate of drug-likeness (QED) is 0.861. The highest BCUT2D eigenvalue weighted by atomic mass is 35.5. The molecule has 116 valence electrons. The van der Waals surface area contributed by atoms with Crippen LogP contribution in [0.5, 0.6) is 0 Å². The van der Waals surface area contributed by atoms with E-state index in [2.05, 4.69) is 27.1 Å². The maximum atomic E-state index is 11.8. The smallest absolute Gasteiger partial charge is 0.224 e. The molecule has 2 rings (SSSR count). The van der Waals surface area contributed by atoms with Gasteiger partial charge in [0.15, 0.2) is 0 Å². The molecule has 0 aromatic carbocycles. The van der Waals surface area contributed by atoms with Gasteiger partial charge in [-0.05, 0) is 25.8 Å². The van der Waals surface area contributed by atoms with Crippen LogP contribution in [0.3, 0.4) is 0 Å². The summed E-state index contributed by atoms with van der Waals surface area (Å²) in [5.74, 6) is 1.78. The number of carbonyl (C=O) groups excluding carboxylic acids is 1. The van der Waals surface area contributed by atoms with Crippen LogP contribution in [-0.4, -0.2) is 35.1 Å². The highest BCUT2D eigenvalue weighted by molar-refractivity contribution is 5.85. The van der Waals surface area contributed by atoms with Crippen LogP contribution in [-0.2, 0) is 11.3 Å². The molecule has 7 heteroatoms. The van der Waals surface area contributed by atoms with Crippen molar-refractivity contribution in [3.63, 3.8) is 0 Å². The number of nitrogens with zero attached hydrogens (tertiary/aromatic N) is 2. The molecule has 2 atom stereocenters. The molecule has 2 N–H and O–H groups in total. The first-order chi connectivity index (χ1) is 8.66. The van der Waals surface area contributed by atoms with Crippen LogP contribution in [0.15, 0.2) is 12.4 Å². The number of imidazole rings is 1. The normalized spacial score (nSPS) is 18.8. The number of aromatic nitrogens is 2. The molecule has 1 fully saturated rings. The van der Waals surface area contributed by atoms with E-state index < -0.39 is 0 Å². The molecular weight excluding hydrogens is 299 g/mol. The van der Waals surface area contributed by atoms with Crippen LogP contribution in [0.25, 0.3) is 0 Å². The molecule has 1 aliphatic heterocycles. The zero-order chi connectivity index (χ0) is 13.0.